The van der Waals surface area contributed by atoms with Crippen LogP contribution < -0.4 is 15.4 Å². The Balaban J connectivity index is 1.63. The highest BCUT2D eigenvalue weighted by Gasteiger charge is 2.17. The van der Waals surface area contributed by atoms with Gasteiger partial charge in [-0.15, -0.1) is 0 Å². The van der Waals surface area contributed by atoms with Crippen molar-refractivity contribution in [3.05, 3.63) is 36.0 Å². The molecule has 1 saturated heterocycles. The molecule has 0 aliphatic carbocycles. The first kappa shape index (κ1) is 18.3. The molecule has 1 aliphatic rings. The van der Waals surface area contributed by atoms with Gasteiger partial charge in [0.1, 0.15) is 5.75 Å². The fraction of sp³-hybridized carbons (Fsp3) is 0.444. The molecular weight excluding hydrogens is 342 g/mol. The summed E-state index contributed by atoms with van der Waals surface area (Å²) in [6.45, 7) is -0.256. The number of nitrogens with zero attached hydrogens (tertiary/aromatic N) is 1. The van der Waals surface area contributed by atoms with Gasteiger partial charge >= 0.3 is 6.61 Å². The van der Waals surface area contributed by atoms with Crippen LogP contribution in [0.3, 0.4) is 0 Å². The number of benzene rings is 1. The van der Waals surface area contributed by atoms with E-state index in [2.05, 4.69) is 25.6 Å². The molecule has 0 spiro atoms. The smallest absolute Gasteiger partial charge is 0.387 e. The number of piperidine rings is 1. The maximum Gasteiger partial charge on any atom is 0.387 e. The first-order chi connectivity index (χ1) is 12.6. The normalized spacial score (nSPS) is 17.3. The van der Waals surface area contributed by atoms with Gasteiger partial charge in [-0.2, -0.15) is 13.9 Å². The summed E-state index contributed by atoms with van der Waals surface area (Å²) in [5, 5.41) is 13.0. The summed E-state index contributed by atoms with van der Waals surface area (Å²) >= 11 is 0. The number of aromatic amines is 1. The summed E-state index contributed by atoms with van der Waals surface area (Å²) in [5.74, 6) is 0.372. The molecule has 1 aromatic heterocycles. The molecule has 2 aromatic rings. The maximum absolute atomic E-state index is 12.5. The molecule has 0 radical (unpaired) electrons. The average molecular weight is 364 g/mol. The van der Waals surface area contributed by atoms with Crippen molar-refractivity contribution >= 4 is 5.91 Å². The van der Waals surface area contributed by atoms with Gasteiger partial charge in [0, 0.05) is 12.1 Å². The second kappa shape index (κ2) is 8.75. The Morgan fingerprint density at radius 1 is 1.42 bits per heavy atom. The van der Waals surface area contributed by atoms with Crippen molar-refractivity contribution < 1.29 is 18.3 Å². The minimum absolute atomic E-state index is 0.0308. The standard InChI is InChI=1S/C18H22F2N4O2/c19-18(20)26-14-5-1-4-13(9-14)16-15(11-23-24-16)17(25)22-8-6-12-3-2-7-21-10-12/h1,4-5,9,11-12,18,21H,2-3,6-8,10H2,(H,22,25)(H,23,24). The summed E-state index contributed by atoms with van der Waals surface area (Å²) in [6, 6.07) is 6.18. The second-order valence-corrected chi connectivity index (χ2v) is 6.32. The van der Waals surface area contributed by atoms with Crippen molar-refractivity contribution in [2.24, 2.45) is 5.92 Å². The molecule has 3 N–H and O–H groups in total. The van der Waals surface area contributed by atoms with Crippen molar-refractivity contribution in [1.82, 2.24) is 20.8 Å². The number of carbonyl (C=O) groups excluding carboxylic acids is 1. The van der Waals surface area contributed by atoms with Gasteiger partial charge in [0.15, 0.2) is 0 Å². The van der Waals surface area contributed by atoms with Crippen LogP contribution in [0.2, 0.25) is 0 Å². The van der Waals surface area contributed by atoms with Crippen LogP contribution in [-0.2, 0) is 0 Å². The fourth-order valence-corrected chi connectivity index (χ4v) is 3.16. The minimum Gasteiger partial charge on any atom is -0.435 e. The van der Waals surface area contributed by atoms with Gasteiger partial charge in [-0.25, -0.2) is 0 Å². The molecule has 8 heteroatoms. The first-order valence-corrected chi connectivity index (χ1v) is 8.71. The number of rotatable bonds is 7. The number of H-pyrrole nitrogens is 1. The number of hydrogen-bond donors (Lipinski definition) is 3. The van der Waals surface area contributed by atoms with Gasteiger partial charge in [-0.1, -0.05) is 12.1 Å². The number of nitrogens with one attached hydrogen (secondary N) is 3. The Bertz CT molecular complexity index is 729. The zero-order valence-corrected chi connectivity index (χ0v) is 14.3. The lowest BCUT2D eigenvalue weighted by Crippen LogP contribution is -2.33. The average Bonchev–Trinajstić information content (AvgIpc) is 3.12. The number of halogens is 2. The molecule has 3 rings (SSSR count). The number of ether oxygens (including phenoxy) is 1. The summed E-state index contributed by atoms with van der Waals surface area (Å²) in [5.41, 5.74) is 1.41. The van der Waals surface area contributed by atoms with Crippen LogP contribution in [0.5, 0.6) is 5.75 Å². The Morgan fingerprint density at radius 2 is 2.31 bits per heavy atom. The third-order valence-corrected chi connectivity index (χ3v) is 4.47. The van der Waals surface area contributed by atoms with Crippen LogP contribution in [-0.4, -0.2) is 42.4 Å². The second-order valence-electron chi connectivity index (χ2n) is 6.32. The van der Waals surface area contributed by atoms with Crippen molar-refractivity contribution in [3.63, 3.8) is 0 Å². The molecule has 1 fully saturated rings. The summed E-state index contributed by atoms with van der Waals surface area (Å²) in [6.07, 6.45) is 4.70. The van der Waals surface area contributed by atoms with Gasteiger partial charge in [-0.3, -0.25) is 9.89 Å². The van der Waals surface area contributed by atoms with E-state index in [4.69, 9.17) is 0 Å². The molecule has 0 saturated carbocycles. The van der Waals surface area contributed by atoms with Crippen LogP contribution in [0.15, 0.2) is 30.5 Å². The molecule has 1 amide bonds. The van der Waals surface area contributed by atoms with Crippen LogP contribution in [0.25, 0.3) is 11.3 Å². The highest BCUT2D eigenvalue weighted by Crippen LogP contribution is 2.26. The van der Waals surface area contributed by atoms with E-state index < -0.39 is 6.61 Å². The number of amides is 1. The number of aromatic nitrogens is 2. The molecule has 0 bridgehead atoms. The topological polar surface area (TPSA) is 79.0 Å². The number of hydrogen-bond acceptors (Lipinski definition) is 4. The molecule has 1 aliphatic heterocycles. The predicted octanol–water partition coefficient (Wildman–Crippen LogP) is 2.80. The van der Waals surface area contributed by atoms with Gasteiger partial charge in [-0.05, 0) is 50.4 Å². The monoisotopic (exact) mass is 364 g/mol. The van der Waals surface area contributed by atoms with E-state index >= 15 is 0 Å². The molecule has 6 nitrogen and oxygen atoms in total. The van der Waals surface area contributed by atoms with Gasteiger partial charge < -0.3 is 15.4 Å². The molecule has 1 aromatic carbocycles. The van der Waals surface area contributed by atoms with Crippen LogP contribution >= 0.6 is 0 Å². The summed E-state index contributed by atoms with van der Waals surface area (Å²) in [4.78, 5) is 12.5. The zero-order valence-electron chi connectivity index (χ0n) is 14.3. The van der Waals surface area contributed by atoms with Crippen molar-refractivity contribution in [1.29, 1.82) is 0 Å². The third kappa shape index (κ3) is 4.78. The highest BCUT2D eigenvalue weighted by molar-refractivity contribution is 5.99. The Labute approximate surface area is 150 Å². The fourth-order valence-electron chi connectivity index (χ4n) is 3.16. The Kier molecular flexibility index (Phi) is 6.17. The van der Waals surface area contributed by atoms with Crippen LogP contribution in [0.1, 0.15) is 29.6 Å². The molecule has 2 heterocycles. The van der Waals surface area contributed by atoms with Crippen molar-refractivity contribution in [3.8, 4) is 17.0 Å². The van der Waals surface area contributed by atoms with Crippen LogP contribution in [0, 0.1) is 5.92 Å². The van der Waals surface area contributed by atoms with E-state index in [1.54, 1.807) is 12.1 Å². The highest BCUT2D eigenvalue weighted by atomic mass is 19.3. The number of carbonyl (C=O) groups is 1. The lowest BCUT2D eigenvalue weighted by atomic mass is 9.96. The van der Waals surface area contributed by atoms with E-state index in [0.29, 0.717) is 29.3 Å². The predicted molar refractivity (Wildman–Crippen MR) is 93.2 cm³/mol. The van der Waals surface area contributed by atoms with E-state index in [9.17, 15) is 13.6 Å². The van der Waals surface area contributed by atoms with E-state index in [-0.39, 0.29) is 11.7 Å². The molecule has 140 valence electrons. The minimum atomic E-state index is -2.90. The molecule has 26 heavy (non-hydrogen) atoms. The van der Waals surface area contributed by atoms with Gasteiger partial charge in [0.25, 0.3) is 5.91 Å². The zero-order chi connectivity index (χ0) is 18.4. The largest absolute Gasteiger partial charge is 0.435 e. The Morgan fingerprint density at radius 3 is 3.08 bits per heavy atom. The summed E-state index contributed by atoms with van der Waals surface area (Å²) < 4.78 is 29.2. The quantitative estimate of drug-likeness (QED) is 0.706. The van der Waals surface area contributed by atoms with E-state index in [0.717, 1.165) is 19.5 Å². The van der Waals surface area contributed by atoms with E-state index in [1.165, 1.54) is 31.2 Å². The van der Waals surface area contributed by atoms with Crippen molar-refractivity contribution in [2.75, 3.05) is 19.6 Å². The van der Waals surface area contributed by atoms with Crippen molar-refractivity contribution in [2.45, 2.75) is 25.9 Å². The van der Waals surface area contributed by atoms with E-state index in [1.807, 2.05) is 0 Å². The molecule has 1 unspecified atom stereocenters. The molecule has 1 atom stereocenters. The van der Waals surface area contributed by atoms with Gasteiger partial charge in [0.05, 0.1) is 17.5 Å². The van der Waals surface area contributed by atoms with Crippen LogP contribution in [0.4, 0.5) is 8.78 Å². The molecular formula is C18H22F2N4O2. The lowest BCUT2D eigenvalue weighted by Gasteiger charge is -2.22. The third-order valence-electron chi connectivity index (χ3n) is 4.47. The lowest BCUT2D eigenvalue weighted by molar-refractivity contribution is -0.0498. The first-order valence-electron chi connectivity index (χ1n) is 8.71. The van der Waals surface area contributed by atoms with Gasteiger partial charge in [0.2, 0.25) is 0 Å². The maximum atomic E-state index is 12.5. The SMILES string of the molecule is O=C(NCCC1CCCNC1)c1cn[nH]c1-c1cccc(OC(F)F)c1. The Hall–Kier alpha value is -2.48. The summed E-state index contributed by atoms with van der Waals surface area (Å²) in [7, 11) is 0. The number of alkyl halides is 2.